The molecule has 0 spiro atoms. The Balaban J connectivity index is 1.06. The van der Waals surface area contributed by atoms with Gasteiger partial charge >= 0.3 is 162 Å². The van der Waals surface area contributed by atoms with E-state index < -0.39 is 0 Å². The van der Waals surface area contributed by atoms with E-state index in [9.17, 15) is 10.1 Å². The molecule has 0 aliphatic carbocycles. The third-order valence-corrected chi connectivity index (χ3v) is 11.8. The zero-order valence-electron chi connectivity index (χ0n) is 26.7. The molecule has 0 unspecified atom stereocenters. The molecule has 234 valence electrons. The quantitative estimate of drug-likeness (QED) is 0.0417. The number of hydrogen-bond donors (Lipinski definition) is 0. The van der Waals surface area contributed by atoms with Gasteiger partial charge in [0.25, 0.3) is 0 Å². The van der Waals surface area contributed by atoms with Crippen molar-refractivity contribution >= 4 is 36.5 Å². The Morgan fingerprint density at radius 2 is 1.36 bits per heavy atom. The summed E-state index contributed by atoms with van der Waals surface area (Å²) in [6.07, 6.45) is 7.87. The molecule has 0 fully saturated rings. The number of ether oxygens (including phenoxy) is 1. The average Bonchev–Trinajstić information content (AvgIpc) is 3.33. The zero-order valence-corrected chi connectivity index (χ0v) is 28.4. The van der Waals surface area contributed by atoms with E-state index in [0.29, 0.717) is 0 Å². The summed E-state index contributed by atoms with van der Waals surface area (Å²) in [5.74, 6) is 0.917. The van der Waals surface area contributed by atoms with E-state index in [0.717, 1.165) is 54.6 Å². The number of hydrogen-bond acceptors (Lipinski definition) is 4. The van der Waals surface area contributed by atoms with Gasteiger partial charge in [-0.1, -0.05) is 79.7 Å². The Bertz CT molecular complexity index is 1580. The predicted molar refractivity (Wildman–Crippen MR) is 187 cm³/mol. The molecule has 0 aromatic heterocycles. The third kappa shape index (κ3) is 7.94. The van der Waals surface area contributed by atoms with Crippen LogP contribution in [0.25, 0.3) is 11.1 Å². The summed E-state index contributed by atoms with van der Waals surface area (Å²) in [5.41, 5.74) is 7.57. The summed E-state index contributed by atoms with van der Waals surface area (Å²) in [6, 6.07) is 35.5. The normalized spacial score (nSPS) is 14.6. The summed E-state index contributed by atoms with van der Waals surface area (Å²) in [7, 11) is 0. The van der Waals surface area contributed by atoms with Crippen LogP contribution in [0.3, 0.4) is 0 Å². The van der Waals surface area contributed by atoms with Crippen LogP contribution in [-0.4, -0.2) is 37.2 Å². The van der Waals surface area contributed by atoms with Gasteiger partial charge in [-0.2, -0.15) is 0 Å². The molecule has 0 saturated heterocycles. The molecule has 0 radical (unpaired) electrons. The van der Waals surface area contributed by atoms with Crippen LogP contribution >= 0.6 is 0 Å². The maximum absolute atomic E-state index is 11.5. The van der Waals surface area contributed by atoms with Crippen molar-refractivity contribution in [3.05, 3.63) is 135 Å². The fourth-order valence-corrected chi connectivity index (χ4v) is 9.17. The molecule has 6 heteroatoms. The first kappa shape index (κ1) is 32.7. The number of nitro benzene ring substituents is 1. The van der Waals surface area contributed by atoms with Crippen LogP contribution in [-0.2, 0) is 5.54 Å². The number of fused-ring (bicyclic) bond motifs is 1. The van der Waals surface area contributed by atoms with Gasteiger partial charge in [0.1, 0.15) is 0 Å². The number of benzene rings is 4. The zero-order chi connectivity index (χ0) is 31.6. The van der Waals surface area contributed by atoms with Gasteiger partial charge in [0, 0.05) is 0 Å². The minimum atomic E-state index is -0.229. The monoisotopic (exact) mass is 668 g/mol. The van der Waals surface area contributed by atoms with Crippen LogP contribution in [0.4, 0.5) is 5.69 Å². The van der Waals surface area contributed by atoms with Crippen molar-refractivity contribution in [2.75, 3.05) is 13.2 Å². The molecule has 1 aliphatic rings. The molecule has 0 atom stereocenters. The first-order chi connectivity index (χ1) is 21.9. The van der Waals surface area contributed by atoms with E-state index in [4.69, 9.17) is 4.74 Å². The number of nitro groups is 1. The Morgan fingerprint density at radius 1 is 0.756 bits per heavy atom. The standard InChI is InChI=1S/C39H44N2O3Se/c1-4-34(30-18-11-9-12-19-30)37(31-20-13-10-14-21-31)32-24-26-33(27-25-32)44-29-16-8-6-5-7-15-28-40-39(2,3)35-22-17-23-36(41(42)43)38(35)45-40/h9-14,17-27H,4-8,15-16,28-29H2,1-3H3. The topological polar surface area (TPSA) is 55.6 Å². The van der Waals surface area contributed by atoms with E-state index in [1.165, 1.54) is 47.1 Å². The molecular formula is C39H44N2O3Se. The Morgan fingerprint density at radius 3 is 2.00 bits per heavy atom. The molecule has 5 nitrogen and oxygen atoms in total. The average molecular weight is 668 g/mol. The van der Waals surface area contributed by atoms with Crippen molar-refractivity contribution < 1.29 is 9.66 Å². The van der Waals surface area contributed by atoms with Gasteiger partial charge in [0.2, 0.25) is 0 Å². The van der Waals surface area contributed by atoms with Crippen molar-refractivity contribution in [3.63, 3.8) is 0 Å². The molecule has 0 saturated carbocycles. The van der Waals surface area contributed by atoms with Crippen LogP contribution in [0, 0.1) is 10.1 Å². The molecule has 4 aromatic rings. The molecule has 4 aromatic carbocycles. The molecule has 0 bridgehead atoms. The Kier molecular flexibility index (Phi) is 11.3. The minimum Gasteiger partial charge on any atom is -0.0622 e. The van der Waals surface area contributed by atoms with Crippen LogP contribution in [0.1, 0.15) is 88.0 Å². The van der Waals surface area contributed by atoms with Gasteiger partial charge in [-0.3, -0.25) is 0 Å². The van der Waals surface area contributed by atoms with E-state index in [1.807, 2.05) is 6.07 Å². The van der Waals surface area contributed by atoms with Crippen molar-refractivity contribution in [1.29, 1.82) is 0 Å². The van der Waals surface area contributed by atoms with Crippen molar-refractivity contribution in [2.45, 2.75) is 71.3 Å². The number of nitrogens with zero attached hydrogens (tertiary/aromatic N) is 2. The Hall–Kier alpha value is -3.70. The second-order valence-corrected chi connectivity index (χ2v) is 14.3. The van der Waals surface area contributed by atoms with Crippen molar-refractivity contribution in [2.24, 2.45) is 0 Å². The summed E-state index contributed by atoms with van der Waals surface area (Å²) in [6.45, 7) is 8.34. The van der Waals surface area contributed by atoms with Gasteiger partial charge < -0.3 is 0 Å². The number of unbranched alkanes of at least 4 members (excludes halogenated alkanes) is 5. The molecule has 5 rings (SSSR count). The fraction of sp³-hybridized carbons (Fsp3) is 0.333. The smallest absolute Gasteiger partial charge is 0.0622 e. The molecule has 0 amide bonds. The molecule has 0 N–H and O–H groups in total. The van der Waals surface area contributed by atoms with E-state index >= 15 is 0 Å². The molecule has 45 heavy (non-hydrogen) atoms. The van der Waals surface area contributed by atoms with Crippen molar-refractivity contribution in [1.82, 2.24) is 3.92 Å². The third-order valence-electron chi connectivity index (χ3n) is 8.68. The SMILES string of the molecule is CCC(=C(c1ccccc1)c1ccc(OCCCCCCCCN2[Se]c3c([N+](=O)[O-])cccc3C2(C)C)cc1)c1ccccc1. The summed E-state index contributed by atoms with van der Waals surface area (Å²) < 4.78 is 9.53. The number of allylic oxidation sites excluding steroid dienone is 1. The molecular weight excluding hydrogens is 623 g/mol. The second-order valence-electron chi connectivity index (χ2n) is 12.1. The van der Waals surface area contributed by atoms with Gasteiger partial charge in [0.05, 0.1) is 0 Å². The maximum atomic E-state index is 11.5. The van der Waals surface area contributed by atoms with Gasteiger partial charge in [-0.15, -0.1) is 0 Å². The number of rotatable bonds is 15. The summed E-state index contributed by atoms with van der Waals surface area (Å²) in [4.78, 5) is 11.3. The Labute approximate surface area is 274 Å². The van der Waals surface area contributed by atoms with E-state index in [2.05, 4.69) is 116 Å². The van der Waals surface area contributed by atoms with Crippen LogP contribution in [0.5, 0.6) is 5.75 Å². The van der Waals surface area contributed by atoms with Crippen LogP contribution in [0.2, 0.25) is 0 Å². The predicted octanol–water partition coefficient (Wildman–Crippen LogP) is 9.18. The first-order valence-electron chi connectivity index (χ1n) is 16.2. The second kappa shape index (κ2) is 15.5. The van der Waals surface area contributed by atoms with Crippen molar-refractivity contribution in [3.8, 4) is 5.75 Å². The first-order valence-corrected chi connectivity index (χ1v) is 17.8. The van der Waals surface area contributed by atoms with Gasteiger partial charge in [0.15, 0.2) is 0 Å². The minimum absolute atomic E-state index is 0.00236. The van der Waals surface area contributed by atoms with E-state index in [1.54, 1.807) is 6.07 Å². The van der Waals surface area contributed by atoms with Crippen LogP contribution < -0.4 is 9.20 Å². The fourth-order valence-electron chi connectivity index (χ4n) is 6.19. The van der Waals surface area contributed by atoms with Gasteiger partial charge in [-0.25, -0.2) is 0 Å². The molecule has 1 heterocycles. The summed E-state index contributed by atoms with van der Waals surface area (Å²) in [5, 5.41) is 11.5. The van der Waals surface area contributed by atoms with Gasteiger partial charge in [-0.05, 0) is 34.3 Å². The molecule has 1 aliphatic heterocycles. The van der Waals surface area contributed by atoms with E-state index in [-0.39, 0.29) is 31.3 Å². The van der Waals surface area contributed by atoms with Crippen LogP contribution in [0.15, 0.2) is 103 Å². The summed E-state index contributed by atoms with van der Waals surface area (Å²) >= 11 is -0.00236.